The van der Waals surface area contributed by atoms with Gasteiger partial charge < -0.3 is 15.2 Å². The SMILES string of the molecule is CC(C)(NC(=O)c1ccc2sccc2c1OCc1ccc(C(F)(F)F)cn1)C(=O)O. The van der Waals surface area contributed by atoms with E-state index in [2.05, 4.69) is 10.3 Å². The number of carboxylic acids is 1. The van der Waals surface area contributed by atoms with Gasteiger partial charge in [-0.3, -0.25) is 9.78 Å². The number of amides is 1. The highest BCUT2D eigenvalue weighted by atomic mass is 32.1. The molecule has 1 aromatic carbocycles. The Morgan fingerprint density at radius 2 is 1.90 bits per heavy atom. The number of ether oxygens (including phenoxy) is 1. The van der Waals surface area contributed by atoms with Crippen LogP contribution in [-0.2, 0) is 17.6 Å². The zero-order valence-electron chi connectivity index (χ0n) is 15.9. The first kappa shape index (κ1) is 21.6. The minimum atomic E-state index is -4.49. The molecular formula is C20H17F3N2O4S. The second-order valence-corrected chi connectivity index (χ2v) is 7.93. The lowest BCUT2D eigenvalue weighted by Crippen LogP contribution is -2.49. The van der Waals surface area contributed by atoms with Crippen LogP contribution in [0.3, 0.4) is 0 Å². The number of hydrogen-bond donors (Lipinski definition) is 2. The van der Waals surface area contributed by atoms with Gasteiger partial charge in [0.25, 0.3) is 5.91 Å². The molecule has 2 heterocycles. The maximum absolute atomic E-state index is 12.7. The first-order chi connectivity index (χ1) is 14.0. The van der Waals surface area contributed by atoms with Crippen molar-refractivity contribution < 1.29 is 32.6 Å². The Morgan fingerprint density at radius 3 is 2.50 bits per heavy atom. The largest absolute Gasteiger partial charge is 0.486 e. The van der Waals surface area contributed by atoms with E-state index >= 15 is 0 Å². The Labute approximate surface area is 173 Å². The molecular weight excluding hydrogens is 421 g/mol. The van der Waals surface area contributed by atoms with Crippen molar-refractivity contribution in [1.82, 2.24) is 10.3 Å². The van der Waals surface area contributed by atoms with Crippen molar-refractivity contribution in [1.29, 1.82) is 0 Å². The molecule has 6 nitrogen and oxygen atoms in total. The number of carbonyl (C=O) groups excluding carboxylic acids is 1. The molecule has 2 N–H and O–H groups in total. The second-order valence-electron chi connectivity index (χ2n) is 6.98. The average Bonchev–Trinajstić information content (AvgIpc) is 3.14. The van der Waals surface area contributed by atoms with Gasteiger partial charge in [0.2, 0.25) is 0 Å². The Morgan fingerprint density at radius 1 is 1.17 bits per heavy atom. The normalized spacial score (nSPS) is 12.0. The van der Waals surface area contributed by atoms with E-state index in [-0.39, 0.29) is 23.6 Å². The highest BCUT2D eigenvalue weighted by Crippen LogP contribution is 2.34. The number of aliphatic carboxylic acids is 1. The number of benzene rings is 1. The molecule has 30 heavy (non-hydrogen) atoms. The highest BCUT2D eigenvalue weighted by molar-refractivity contribution is 7.17. The van der Waals surface area contributed by atoms with Crippen LogP contribution in [0.25, 0.3) is 10.1 Å². The molecule has 10 heteroatoms. The fraction of sp³-hybridized carbons (Fsp3) is 0.250. The topological polar surface area (TPSA) is 88.5 Å². The summed E-state index contributed by atoms with van der Waals surface area (Å²) < 4.78 is 44.7. The molecule has 2 aromatic heterocycles. The number of fused-ring (bicyclic) bond motifs is 1. The minimum Gasteiger partial charge on any atom is -0.486 e. The lowest BCUT2D eigenvalue weighted by Gasteiger charge is -2.22. The third kappa shape index (κ3) is 4.54. The fourth-order valence-electron chi connectivity index (χ4n) is 2.58. The van der Waals surface area contributed by atoms with Crippen LogP contribution < -0.4 is 10.1 Å². The van der Waals surface area contributed by atoms with E-state index in [0.29, 0.717) is 11.6 Å². The molecule has 3 aromatic rings. The third-order valence-electron chi connectivity index (χ3n) is 4.31. The zero-order chi connectivity index (χ0) is 22.1. The van der Waals surface area contributed by atoms with E-state index in [9.17, 15) is 27.9 Å². The molecule has 3 rings (SSSR count). The molecule has 0 saturated carbocycles. The Kier molecular flexibility index (Phi) is 5.71. The maximum atomic E-state index is 12.7. The smallest absolute Gasteiger partial charge is 0.417 e. The molecule has 0 radical (unpaired) electrons. The lowest BCUT2D eigenvalue weighted by atomic mass is 10.0. The summed E-state index contributed by atoms with van der Waals surface area (Å²) in [5, 5.41) is 14.1. The van der Waals surface area contributed by atoms with Crippen LogP contribution in [0.1, 0.15) is 35.5 Å². The van der Waals surface area contributed by atoms with Gasteiger partial charge in [0.05, 0.1) is 16.8 Å². The van der Waals surface area contributed by atoms with Crippen LogP contribution in [0.2, 0.25) is 0 Å². The Bertz CT molecular complexity index is 1090. The molecule has 0 spiro atoms. The summed E-state index contributed by atoms with van der Waals surface area (Å²) in [6.45, 7) is 2.53. The van der Waals surface area contributed by atoms with E-state index in [1.54, 1.807) is 17.5 Å². The van der Waals surface area contributed by atoms with Crippen LogP contribution in [0, 0.1) is 0 Å². The number of carboxylic acid groups (broad SMARTS) is 1. The van der Waals surface area contributed by atoms with Crippen LogP contribution in [0.5, 0.6) is 5.75 Å². The minimum absolute atomic E-state index is 0.113. The molecule has 1 amide bonds. The van der Waals surface area contributed by atoms with Gasteiger partial charge in [0.15, 0.2) is 0 Å². The molecule has 0 saturated heterocycles. The number of nitrogens with zero attached hydrogens (tertiary/aromatic N) is 1. The van der Waals surface area contributed by atoms with E-state index in [1.807, 2.05) is 0 Å². The van der Waals surface area contributed by atoms with Gasteiger partial charge in [0.1, 0.15) is 17.9 Å². The molecule has 0 aliphatic rings. The lowest BCUT2D eigenvalue weighted by molar-refractivity contribution is -0.143. The van der Waals surface area contributed by atoms with Crippen LogP contribution in [0.4, 0.5) is 13.2 Å². The molecule has 0 fully saturated rings. The van der Waals surface area contributed by atoms with Crippen molar-refractivity contribution >= 4 is 33.3 Å². The summed E-state index contributed by atoms with van der Waals surface area (Å²) >= 11 is 1.42. The van der Waals surface area contributed by atoms with Crippen LogP contribution in [-0.4, -0.2) is 27.5 Å². The number of thiophene rings is 1. The standard InChI is InChI=1S/C20H17F3N2O4S/c1-19(2,18(27)28)25-17(26)14-5-6-15-13(7-8-30-15)16(14)29-10-12-4-3-11(9-24-12)20(21,22)23/h3-9H,10H2,1-2H3,(H,25,26)(H,27,28). The van der Waals surface area contributed by atoms with Crippen molar-refractivity contribution in [2.75, 3.05) is 0 Å². The second kappa shape index (κ2) is 7.94. The summed E-state index contributed by atoms with van der Waals surface area (Å²) in [5.74, 6) is -1.65. The maximum Gasteiger partial charge on any atom is 0.417 e. The van der Waals surface area contributed by atoms with Crippen molar-refractivity contribution in [2.24, 2.45) is 0 Å². The molecule has 0 atom stereocenters. The first-order valence-corrected chi connectivity index (χ1v) is 9.58. The number of pyridine rings is 1. The van der Waals surface area contributed by atoms with E-state index in [4.69, 9.17) is 4.74 Å². The Hall–Kier alpha value is -3.14. The molecule has 0 unspecified atom stereocenters. The molecule has 0 aliphatic carbocycles. The van der Waals surface area contributed by atoms with Crippen LogP contribution in [0.15, 0.2) is 41.9 Å². The van der Waals surface area contributed by atoms with Crippen LogP contribution >= 0.6 is 11.3 Å². The number of hydrogen-bond acceptors (Lipinski definition) is 5. The Balaban J connectivity index is 1.89. The van der Waals surface area contributed by atoms with Gasteiger partial charge in [-0.25, -0.2) is 4.79 Å². The number of carbonyl (C=O) groups is 2. The van der Waals surface area contributed by atoms with Crippen molar-refractivity contribution in [2.45, 2.75) is 32.2 Å². The zero-order valence-corrected chi connectivity index (χ0v) is 16.7. The fourth-order valence-corrected chi connectivity index (χ4v) is 3.37. The summed E-state index contributed by atoms with van der Waals surface area (Å²) in [5.41, 5.74) is -2.02. The number of halogens is 3. The quantitative estimate of drug-likeness (QED) is 0.592. The number of alkyl halides is 3. The van der Waals surface area contributed by atoms with Crippen molar-refractivity contribution in [3.05, 3.63) is 58.7 Å². The van der Waals surface area contributed by atoms with Gasteiger partial charge in [0, 0.05) is 16.3 Å². The van der Waals surface area contributed by atoms with E-state index < -0.39 is 29.2 Å². The summed E-state index contributed by atoms with van der Waals surface area (Å²) in [6, 6.07) is 7.08. The van der Waals surface area contributed by atoms with Gasteiger partial charge in [-0.05, 0) is 49.6 Å². The highest BCUT2D eigenvalue weighted by Gasteiger charge is 2.31. The van der Waals surface area contributed by atoms with E-state index in [1.165, 1.54) is 37.3 Å². The predicted molar refractivity (Wildman–Crippen MR) is 105 cm³/mol. The molecule has 0 bridgehead atoms. The summed E-state index contributed by atoms with van der Waals surface area (Å²) in [6.07, 6.45) is -3.77. The van der Waals surface area contributed by atoms with Gasteiger partial charge in [-0.1, -0.05) is 0 Å². The van der Waals surface area contributed by atoms with Crippen molar-refractivity contribution in [3.8, 4) is 5.75 Å². The first-order valence-electron chi connectivity index (χ1n) is 8.70. The number of nitrogens with one attached hydrogen (secondary N) is 1. The third-order valence-corrected chi connectivity index (χ3v) is 5.19. The summed E-state index contributed by atoms with van der Waals surface area (Å²) in [4.78, 5) is 27.8. The average molecular weight is 438 g/mol. The predicted octanol–water partition coefficient (Wildman–Crippen LogP) is 4.49. The van der Waals surface area contributed by atoms with E-state index in [0.717, 1.165) is 10.8 Å². The van der Waals surface area contributed by atoms with Gasteiger partial charge in [-0.2, -0.15) is 13.2 Å². The number of rotatable bonds is 6. The van der Waals surface area contributed by atoms with Crippen molar-refractivity contribution in [3.63, 3.8) is 0 Å². The molecule has 158 valence electrons. The monoisotopic (exact) mass is 438 g/mol. The van der Waals surface area contributed by atoms with Gasteiger partial charge in [-0.15, -0.1) is 11.3 Å². The summed E-state index contributed by atoms with van der Waals surface area (Å²) in [7, 11) is 0. The van der Waals surface area contributed by atoms with Gasteiger partial charge >= 0.3 is 12.1 Å². The number of aromatic nitrogens is 1. The molecule has 0 aliphatic heterocycles.